The molecule has 28 heteroatoms. The van der Waals surface area contributed by atoms with E-state index >= 15 is 0 Å². The molecule has 0 radical (unpaired) electrons. The lowest BCUT2D eigenvalue weighted by Crippen LogP contribution is -2.30. The third-order valence-electron chi connectivity index (χ3n) is 22.5. The zero-order valence-electron chi connectivity index (χ0n) is 69.8. The maximum atomic E-state index is 13.7. The molecule has 0 saturated carbocycles. The Morgan fingerprint density at radius 1 is 0.421 bits per heavy atom. The summed E-state index contributed by atoms with van der Waals surface area (Å²) < 4.78 is 32.4. The second-order valence-corrected chi connectivity index (χ2v) is 31.9. The van der Waals surface area contributed by atoms with Gasteiger partial charge in [0.05, 0.1) is 112 Å². The van der Waals surface area contributed by atoms with E-state index in [2.05, 4.69) is 104 Å². The number of nitrogens with zero attached hydrogens (tertiary/aromatic N) is 9. The van der Waals surface area contributed by atoms with E-state index in [-0.39, 0.29) is 51.5 Å². The highest BCUT2D eigenvalue weighted by Crippen LogP contribution is 2.37. The summed E-state index contributed by atoms with van der Waals surface area (Å²) in [4.78, 5) is 107. The predicted molar refractivity (Wildman–Crippen MR) is 491 cm³/mol. The van der Waals surface area contributed by atoms with E-state index in [9.17, 15) is 43.9 Å². The SMILES string of the molecule is COC(=O)c1cnc(N(Cc2ccccc2)Cc2ccccc2)c2[nH]c(-c3cccn(C4CCCOC4)c3=O)cc12.COC(=O)c1cnc(N(Cc2ccccc2)Cc2ccccc2)c2[nH]c(B(O)O)cc12.O=C(O)c1cnc(N(Cc2ccccc2)Cc2ccccc2)c2[nH]c(-c3cccn(C4CCCOC4)c3=O)cc12.O=c1c(Br)cccn1C1CCCOC1. The molecule has 3 saturated heterocycles. The second kappa shape index (κ2) is 41.7. The number of H-pyrrole nitrogens is 3. The van der Waals surface area contributed by atoms with Crippen molar-refractivity contribution in [3.63, 3.8) is 0 Å². The van der Waals surface area contributed by atoms with E-state index in [1.807, 2.05) is 176 Å². The van der Waals surface area contributed by atoms with Crippen LogP contribution in [0, 0.1) is 0 Å². The summed E-state index contributed by atoms with van der Waals surface area (Å²) in [5.41, 5.74) is 11.3. The Bertz CT molecular complexity index is 6280. The fourth-order valence-electron chi connectivity index (χ4n) is 16.2. The van der Waals surface area contributed by atoms with Gasteiger partial charge in [0.1, 0.15) is 0 Å². The zero-order valence-corrected chi connectivity index (χ0v) is 71.3. The van der Waals surface area contributed by atoms with Crippen molar-refractivity contribution in [3.05, 3.63) is 359 Å². The van der Waals surface area contributed by atoms with Gasteiger partial charge in [0.25, 0.3) is 16.7 Å². The number of nitrogens with one attached hydrogen (secondary N) is 3. The van der Waals surface area contributed by atoms with E-state index in [1.165, 1.54) is 26.6 Å². The van der Waals surface area contributed by atoms with Crippen LogP contribution in [-0.4, -0.2) is 138 Å². The lowest BCUT2D eigenvalue weighted by Gasteiger charge is -2.25. The number of ether oxygens (including phenoxy) is 5. The largest absolute Gasteiger partial charge is 0.505 e. The van der Waals surface area contributed by atoms with E-state index in [0.29, 0.717) is 148 Å². The minimum Gasteiger partial charge on any atom is -0.478 e. The van der Waals surface area contributed by atoms with Crippen LogP contribution in [0.5, 0.6) is 0 Å². The molecule has 12 heterocycles. The number of esters is 2. The predicted octanol–water partition coefficient (Wildman–Crippen LogP) is 15.6. The monoisotopic (exact) mass is 1750 g/mol. The number of fused-ring (bicyclic) bond motifs is 3. The summed E-state index contributed by atoms with van der Waals surface area (Å²) in [5.74, 6) is -0.194. The van der Waals surface area contributed by atoms with Crippen molar-refractivity contribution < 1.29 is 53.2 Å². The Balaban J connectivity index is 0.000000136. The lowest BCUT2D eigenvalue weighted by molar-refractivity contribution is 0.0579. The third-order valence-corrected chi connectivity index (χ3v) is 23.1. The summed E-state index contributed by atoms with van der Waals surface area (Å²) in [5, 5.41) is 31.0. The van der Waals surface area contributed by atoms with Crippen LogP contribution in [0.4, 0.5) is 17.5 Å². The van der Waals surface area contributed by atoms with Gasteiger partial charge >= 0.3 is 25.0 Å². The summed E-state index contributed by atoms with van der Waals surface area (Å²) in [6.45, 7) is 7.41. The highest BCUT2D eigenvalue weighted by Gasteiger charge is 2.29. The standard InChI is InChI=1S/C33H32N4O4.C32H30N4O4.C23H22BN3O4.C10H12BrNO2/c1-40-33(39)28-19-34-31(36(20-23-10-4-2-5-11-23)21-24-12-6-3-7-13-24)30-27(28)18-29(35-30)26-15-8-16-37(32(26)38)25-14-9-17-41-22-25;37-31-25(14-7-15-36(31)24-13-8-16-40-21-24)28-17-26-27(32(38)39)18-33-30(29(26)34-28)35(19-22-9-3-1-4-10-22)20-23-11-5-2-6-12-23;1-31-23(28)19-13-25-22(21-18(19)12-20(26-21)24(29)30)27(14-16-8-4-2-5-9-16)15-17-10-6-3-7-11-17;11-9-4-1-5-12(10(9)13)8-3-2-6-14-7-8/h2-8,10-13,15-16,18-19,25,35H,9,14,17,20-22H2,1H3;1-7,9-12,14-15,17-18,24,34H,8,13,16,19-21H2,(H,38,39);2-13,26,29-30H,14-15H2,1H3;1,4-5,8H,2-3,6-7H2. The van der Waals surface area contributed by atoms with Crippen molar-refractivity contribution >= 4 is 96.7 Å². The fraction of sp³-hybridized carbons (Fsp3) is 0.235. The molecule has 642 valence electrons. The van der Waals surface area contributed by atoms with E-state index < -0.39 is 25.0 Å². The third kappa shape index (κ3) is 20.9. The molecular formula is C98H96BBrN12O14. The molecule has 3 atom stereocenters. The van der Waals surface area contributed by atoms with Gasteiger partial charge in [0, 0.05) is 118 Å². The number of carbonyl (C=O) groups excluding carboxylic acids is 2. The molecule has 3 fully saturated rings. The maximum Gasteiger partial charge on any atom is 0.505 e. The molecule has 18 rings (SSSR count). The highest BCUT2D eigenvalue weighted by molar-refractivity contribution is 9.10. The molecule has 3 aliphatic heterocycles. The molecular weight excluding hydrogens is 1660 g/mol. The molecule has 0 spiro atoms. The van der Waals surface area contributed by atoms with Crippen LogP contribution in [0.2, 0.25) is 0 Å². The number of hydrogen-bond acceptors (Lipinski definition) is 19. The number of hydrogen-bond donors (Lipinski definition) is 6. The number of anilines is 3. The first-order chi connectivity index (χ1) is 61.5. The summed E-state index contributed by atoms with van der Waals surface area (Å²) in [6.07, 6.45) is 15.5. The Morgan fingerprint density at radius 3 is 1.03 bits per heavy atom. The number of rotatable bonds is 24. The first-order valence-corrected chi connectivity index (χ1v) is 42.7. The Kier molecular flexibility index (Phi) is 28.9. The summed E-state index contributed by atoms with van der Waals surface area (Å²) in [6, 6.07) is 76.9. The molecule has 9 aromatic heterocycles. The van der Waals surface area contributed by atoms with E-state index in [0.717, 1.165) is 85.1 Å². The fourth-order valence-corrected chi connectivity index (χ4v) is 16.6. The normalized spacial score (nSPS) is 14.9. The summed E-state index contributed by atoms with van der Waals surface area (Å²) in [7, 11) is 0.949. The number of carboxylic acids is 1. The Hall–Kier alpha value is -13.6. The van der Waals surface area contributed by atoms with Crippen molar-refractivity contribution in [2.75, 3.05) is 68.6 Å². The van der Waals surface area contributed by atoms with Crippen LogP contribution in [0.1, 0.15) is 121 Å². The van der Waals surface area contributed by atoms with Crippen LogP contribution in [0.3, 0.4) is 0 Å². The number of benzene rings is 6. The maximum absolute atomic E-state index is 13.7. The molecule has 6 N–H and O–H groups in total. The number of halogens is 1. The van der Waals surface area contributed by atoms with Crippen LogP contribution < -0.4 is 37.0 Å². The first kappa shape index (κ1) is 87.3. The van der Waals surface area contributed by atoms with Gasteiger partial charge in [-0.2, -0.15) is 0 Å². The molecule has 126 heavy (non-hydrogen) atoms. The first-order valence-electron chi connectivity index (χ1n) is 41.9. The van der Waals surface area contributed by atoms with E-state index in [4.69, 9.17) is 28.7 Å². The van der Waals surface area contributed by atoms with Gasteiger partial charge in [-0.15, -0.1) is 0 Å². The molecule has 15 aromatic rings. The lowest BCUT2D eigenvalue weighted by atomic mass is 9.86. The van der Waals surface area contributed by atoms with Gasteiger partial charge in [0.2, 0.25) is 0 Å². The number of pyridine rings is 6. The molecule has 6 aromatic carbocycles. The van der Waals surface area contributed by atoms with Crippen molar-refractivity contribution in [1.29, 1.82) is 0 Å². The Labute approximate surface area is 735 Å². The summed E-state index contributed by atoms with van der Waals surface area (Å²) >= 11 is 3.24. The zero-order chi connectivity index (χ0) is 87.4. The second-order valence-electron chi connectivity index (χ2n) is 31.0. The van der Waals surface area contributed by atoms with Gasteiger partial charge in [-0.1, -0.05) is 182 Å². The number of carboxylic acid groups (broad SMARTS) is 1. The minimum atomic E-state index is -1.71. The smallest absolute Gasteiger partial charge is 0.478 e. The van der Waals surface area contributed by atoms with Crippen LogP contribution in [0.15, 0.2) is 293 Å². The van der Waals surface area contributed by atoms with Gasteiger partial charge in [-0.05, 0) is 142 Å². The average Bonchev–Trinajstić information content (AvgIpc) is 1.62. The van der Waals surface area contributed by atoms with Gasteiger partial charge in [0.15, 0.2) is 17.5 Å². The molecule has 0 bridgehead atoms. The van der Waals surface area contributed by atoms with Crippen molar-refractivity contribution in [2.24, 2.45) is 0 Å². The van der Waals surface area contributed by atoms with Crippen molar-refractivity contribution in [2.45, 2.75) is 95.9 Å². The number of carbonyl (C=O) groups is 3. The van der Waals surface area contributed by atoms with Crippen molar-refractivity contribution in [1.82, 2.24) is 43.6 Å². The van der Waals surface area contributed by atoms with Gasteiger partial charge in [-0.3, -0.25) is 14.4 Å². The number of aromatic nitrogens is 9. The van der Waals surface area contributed by atoms with Crippen molar-refractivity contribution in [3.8, 4) is 22.5 Å². The number of aromatic carboxylic acids is 1. The minimum absolute atomic E-state index is 0.00401. The molecule has 3 unspecified atom stereocenters. The van der Waals surface area contributed by atoms with Crippen LogP contribution in [-0.2, 0) is 63.0 Å². The molecule has 26 nitrogen and oxygen atoms in total. The number of aromatic amines is 3. The molecule has 3 aliphatic rings. The highest BCUT2D eigenvalue weighted by atomic mass is 79.9. The van der Waals surface area contributed by atoms with Gasteiger partial charge < -0.3 is 82.2 Å². The van der Waals surface area contributed by atoms with Crippen LogP contribution >= 0.6 is 15.9 Å². The topological polar surface area (TPSA) is 320 Å². The van der Waals surface area contributed by atoms with Crippen LogP contribution in [0.25, 0.3) is 55.2 Å². The number of methoxy groups -OCH3 is 2. The Morgan fingerprint density at radius 2 is 0.722 bits per heavy atom. The van der Waals surface area contributed by atoms with E-state index in [1.54, 1.807) is 50.4 Å². The molecule has 0 amide bonds. The average molecular weight is 1760 g/mol. The molecule has 0 aliphatic carbocycles. The quantitative estimate of drug-likeness (QED) is 0.0242. The van der Waals surface area contributed by atoms with Gasteiger partial charge in [-0.25, -0.2) is 29.3 Å².